The highest BCUT2D eigenvalue weighted by Gasteiger charge is 2.22. The van der Waals surface area contributed by atoms with E-state index < -0.39 is 0 Å². The first-order chi connectivity index (χ1) is 16.3. The van der Waals surface area contributed by atoms with Crippen LogP contribution in [0, 0.1) is 13.8 Å². The SMILES string of the molecule is COc1c(C)c(-c2ccc(Nc3ccccc3)cc2)c(OC)c(C)c1/C=C(\C)C(=O)NC(C)C. The molecule has 0 saturated carbocycles. The van der Waals surface area contributed by atoms with Crippen molar-refractivity contribution < 1.29 is 14.3 Å². The molecule has 0 atom stereocenters. The third-order valence-corrected chi connectivity index (χ3v) is 5.71. The second-order valence-electron chi connectivity index (χ2n) is 8.63. The van der Waals surface area contributed by atoms with Crippen molar-refractivity contribution >= 4 is 23.4 Å². The summed E-state index contributed by atoms with van der Waals surface area (Å²) in [5, 5.41) is 6.35. The van der Waals surface area contributed by atoms with Crippen LogP contribution in [-0.2, 0) is 4.79 Å². The molecule has 0 aliphatic carbocycles. The van der Waals surface area contributed by atoms with Gasteiger partial charge < -0.3 is 20.1 Å². The molecule has 3 rings (SSSR count). The largest absolute Gasteiger partial charge is 0.496 e. The highest BCUT2D eigenvalue weighted by atomic mass is 16.5. The third-order valence-electron chi connectivity index (χ3n) is 5.71. The molecule has 5 nitrogen and oxygen atoms in total. The third kappa shape index (κ3) is 5.42. The lowest BCUT2D eigenvalue weighted by atomic mass is 9.91. The summed E-state index contributed by atoms with van der Waals surface area (Å²) in [5.41, 5.74) is 7.38. The summed E-state index contributed by atoms with van der Waals surface area (Å²) in [6, 6.07) is 18.4. The van der Waals surface area contributed by atoms with Crippen molar-refractivity contribution in [3.8, 4) is 22.6 Å². The zero-order valence-corrected chi connectivity index (χ0v) is 21.1. The van der Waals surface area contributed by atoms with Crippen LogP contribution < -0.4 is 20.1 Å². The van der Waals surface area contributed by atoms with Gasteiger partial charge in [0.25, 0.3) is 0 Å². The molecule has 5 heteroatoms. The fourth-order valence-electron chi connectivity index (χ4n) is 4.07. The quantitative estimate of drug-likeness (QED) is 0.371. The molecule has 1 amide bonds. The summed E-state index contributed by atoms with van der Waals surface area (Å²) in [4.78, 5) is 12.5. The molecular weight excluding hydrogens is 424 g/mol. The molecule has 0 heterocycles. The molecule has 0 saturated heterocycles. The molecule has 34 heavy (non-hydrogen) atoms. The molecule has 2 N–H and O–H groups in total. The van der Waals surface area contributed by atoms with Crippen molar-refractivity contribution in [3.05, 3.63) is 76.9 Å². The lowest BCUT2D eigenvalue weighted by Gasteiger charge is -2.21. The first-order valence-corrected chi connectivity index (χ1v) is 11.4. The number of carbonyl (C=O) groups excluding carboxylic acids is 1. The van der Waals surface area contributed by atoms with Crippen LogP contribution >= 0.6 is 0 Å². The van der Waals surface area contributed by atoms with Crippen molar-refractivity contribution in [1.29, 1.82) is 0 Å². The van der Waals surface area contributed by atoms with Gasteiger partial charge in [0.1, 0.15) is 11.5 Å². The molecule has 0 spiro atoms. The Morgan fingerprint density at radius 2 is 1.44 bits per heavy atom. The van der Waals surface area contributed by atoms with Gasteiger partial charge in [-0.05, 0) is 70.5 Å². The minimum Gasteiger partial charge on any atom is -0.496 e. The van der Waals surface area contributed by atoms with Crippen LogP contribution in [0.2, 0.25) is 0 Å². The summed E-state index contributed by atoms with van der Waals surface area (Å²) in [5.74, 6) is 1.40. The number of hydrogen-bond acceptors (Lipinski definition) is 4. The molecule has 3 aromatic carbocycles. The number of nitrogens with one attached hydrogen (secondary N) is 2. The van der Waals surface area contributed by atoms with E-state index in [0.29, 0.717) is 5.57 Å². The lowest BCUT2D eigenvalue weighted by Crippen LogP contribution is -2.30. The van der Waals surface area contributed by atoms with E-state index in [1.807, 2.05) is 71.0 Å². The highest BCUT2D eigenvalue weighted by molar-refractivity contribution is 5.98. The molecule has 0 bridgehead atoms. The predicted molar refractivity (Wildman–Crippen MR) is 141 cm³/mol. The average Bonchev–Trinajstić information content (AvgIpc) is 2.82. The van der Waals surface area contributed by atoms with Gasteiger partial charge >= 0.3 is 0 Å². The number of carbonyl (C=O) groups is 1. The van der Waals surface area contributed by atoms with E-state index in [2.05, 4.69) is 34.9 Å². The normalized spacial score (nSPS) is 11.4. The van der Waals surface area contributed by atoms with Gasteiger partial charge in [-0.2, -0.15) is 0 Å². The Hall–Kier alpha value is -3.73. The summed E-state index contributed by atoms with van der Waals surface area (Å²) >= 11 is 0. The number of anilines is 2. The van der Waals surface area contributed by atoms with Crippen LogP contribution in [0.5, 0.6) is 11.5 Å². The molecule has 0 unspecified atom stereocenters. The van der Waals surface area contributed by atoms with Crippen molar-refractivity contribution in [2.24, 2.45) is 0 Å². The summed E-state index contributed by atoms with van der Waals surface area (Å²) in [6.45, 7) is 9.71. The van der Waals surface area contributed by atoms with Crippen molar-refractivity contribution in [3.63, 3.8) is 0 Å². The number of rotatable bonds is 8. The fraction of sp³-hybridized carbons (Fsp3) is 0.276. The Bertz CT molecular complexity index is 1180. The van der Waals surface area contributed by atoms with Gasteiger partial charge in [-0.1, -0.05) is 30.3 Å². The monoisotopic (exact) mass is 458 g/mol. The van der Waals surface area contributed by atoms with E-state index in [1.165, 1.54) is 0 Å². The predicted octanol–water partition coefficient (Wildman–Crippen LogP) is 6.66. The second-order valence-corrected chi connectivity index (χ2v) is 8.63. The molecule has 3 aromatic rings. The average molecular weight is 459 g/mol. The molecule has 178 valence electrons. The molecule has 0 aliphatic rings. The lowest BCUT2D eigenvalue weighted by molar-refractivity contribution is -0.117. The van der Waals surface area contributed by atoms with Crippen LogP contribution in [0.25, 0.3) is 17.2 Å². The van der Waals surface area contributed by atoms with Gasteiger partial charge in [-0.3, -0.25) is 4.79 Å². The molecule has 0 aromatic heterocycles. The second kappa shape index (κ2) is 10.9. The maximum Gasteiger partial charge on any atom is 0.247 e. The standard InChI is InChI=1S/C29H34N2O3/c1-18(2)30-29(32)19(3)17-25-20(4)28(34-7)26(21(5)27(25)33-6)22-13-15-24(16-14-22)31-23-11-9-8-10-12-23/h8-18,31H,1-7H3,(H,30,32)/b19-17+. The van der Waals surface area contributed by atoms with Gasteiger partial charge in [0, 0.05) is 45.2 Å². The van der Waals surface area contributed by atoms with Gasteiger partial charge in [0.15, 0.2) is 0 Å². The number of ether oxygens (including phenoxy) is 2. The fourth-order valence-corrected chi connectivity index (χ4v) is 4.07. The Morgan fingerprint density at radius 1 is 0.853 bits per heavy atom. The van der Waals surface area contributed by atoms with E-state index in [-0.39, 0.29) is 11.9 Å². The van der Waals surface area contributed by atoms with Gasteiger partial charge in [0.05, 0.1) is 14.2 Å². The van der Waals surface area contributed by atoms with E-state index in [9.17, 15) is 4.79 Å². The Kier molecular flexibility index (Phi) is 8.00. The first-order valence-electron chi connectivity index (χ1n) is 11.4. The number of hydrogen-bond donors (Lipinski definition) is 2. The molecule has 0 fully saturated rings. The van der Waals surface area contributed by atoms with Crippen molar-refractivity contribution in [2.75, 3.05) is 19.5 Å². The zero-order chi connectivity index (χ0) is 24.8. The van der Waals surface area contributed by atoms with E-state index in [1.54, 1.807) is 14.2 Å². The smallest absolute Gasteiger partial charge is 0.247 e. The first kappa shape index (κ1) is 24.9. The Labute approximate surface area is 202 Å². The Morgan fingerprint density at radius 3 is 2.00 bits per heavy atom. The topological polar surface area (TPSA) is 59.6 Å². The van der Waals surface area contributed by atoms with Crippen LogP contribution in [0.15, 0.2) is 60.2 Å². The van der Waals surface area contributed by atoms with Crippen molar-refractivity contribution in [1.82, 2.24) is 5.32 Å². The van der Waals surface area contributed by atoms with Gasteiger partial charge in [-0.15, -0.1) is 0 Å². The zero-order valence-electron chi connectivity index (χ0n) is 21.1. The minimum atomic E-state index is -0.0985. The molecule has 0 aliphatic heterocycles. The summed E-state index contributed by atoms with van der Waals surface area (Å²) < 4.78 is 11.7. The Balaban J connectivity index is 2.05. The van der Waals surface area contributed by atoms with E-state index >= 15 is 0 Å². The number of methoxy groups -OCH3 is 2. The number of benzene rings is 3. The van der Waals surface area contributed by atoms with Crippen LogP contribution in [0.1, 0.15) is 37.5 Å². The van der Waals surface area contributed by atoms with Crippen LogP contribution in [0.4, 0.5) is 11.4 Å². The molecular formula is C29H34N2O3. The van der Waals surface area contributed by atoms with E-state index in [0.717, 1.165) is 50.7 Å². The molecule has 0 radical (unpaired) electrons. The maximum atomic E-state index is 12.5. The highest BCUT2D eigenvalue weighted by Crippen LogP contribution is 2.44. The number of amides is 1. The maximum absolute atomic E-state index is 12.5. The van der Waals surface area contributed by atoms with Crippen LogP contribution in [0.3, 0.4) is 0 Å². The van der Waals surface area contributed by atoms with Crippen molar-refractivity contribution in [2.45, 2.75) is 40.7 Å². The van der Waals surface area contributed by atoms with Crippen LogP contribution in [-0.4, -0.2) is 26.2 Å². The van der Waals surface area contributed by atoms with Gasteiger partial charge in [0.2, 0.25) is 5.91 Å². The van der Waals surface area contributed by atoms with Gasteiger partial charge in [-0.25, -0.2) is 0 Å². The summed E-state index contributed by atoms with van der Waals surface area (Å²) in [6.07, 6.45) is 1.87. The summed E-state index contributed by atoms with van der Waals surface area (Å²) in [7, 11) is 3.33. The van der Waals surface area contributed by atoms with E-state index in [4.69, 9.17) is 9.47 Å². The number of para-hydroxylation sites is 1. The minimum absolute atomic E-state index is 0.0665.